The maximum absolute atomic E-state index is 12.3. The minimum atomic E-state index is -3.12. The zero-order valence-electron chi connectivity index (χ0n) is 13.0. The number of hydrogen-bond donors (Lipinski definition) is 1. The zero-order valence-corrected chi connectivity index (χ0v) is 14.6. The molecule has 1 atom stereocenters. The van der Waals surface area contributed by atoms with E-state index in [2.05, 4.69) is 5.32 Å². The van der Waals surface area contributed by atoms with E-state index in [1.807, 2.05) is 19.0 Å². The van der Waals surface area contributed by atoms with Crippen molar-refractivity contribution >= 4 is 33.3 Å². The Morgan fingerprint density at radius 2 is 1.95 bits per heavy atom. The van der Waals surface area contributed by atoms with E-state index in [-0.39, 0.29) is 11.5 Å². The van der Waals surface area contributed by atoms with Gasteiger partial charge in [-0.05, 0) is 26.9 Å². The van der Waals surface area contributed by atoms with Crippen LogP contribution in [-0.2, 0) is 19.4 Å². The predicted molar refractivity (Wildman–Crippen MR) is 85.7 cm³/mol. The van der Waals surface area contributed by atoms with Gasteiger partial charge in [-0.15, -0.1) is 11.6 Å². The average molecular weight is 354 g/mol. The Balaban J connectivity index is 2.72. The third kappa shape index (κ3) is 6.10. The van der Waals surface area contributed by atoms with Crippen molar-refractivity contribution in [2.75, 3.05) is 51.1 Å². The topological polar surface area (TPSA) is 86.8 Å². The molecule has 1 unspecified atom stereocenters. The summed E-state index contributed by atoms with van der Waals surface area (Å²) in [5, 5.41) is 2.52. The van der Waals surface area contributed by atoms with Gasteiger partial charge in [-0.3, -0.25) is 9.59 Å². The minimum Gasteiger partial charge on any atom is -0.348 e. The Hall–Kier alpha value is -0.860. The summed E-state index contributed by atoms with van der Waals surface area (Å²) in [5.74, 6) is -0.968. The van der Waals surface area contributed by atoms with Crippen LogP contribution in [0.4, 0.5) is 0 Å². The van der Waals surface area contributed by atoms with Crippen LogP contribution in [0.1, 0.15) is 12.8 Å². The highest BCUT2D eigenvalue weighted by molar-refractivity contribution is 7.91. The highest BCUT2D eigenvalue weighted by Gasteiger charge is 2.36. The molecule has 1 rings (SSSR count). The molecule has 1 fully saturated rings. The molecular formula is C13H24ClN3O4S. The molecule has 0 aromatic heterocycles. The van der Waals surface area contributed by atoms with Gasteiger partial charge in [0.25, 0.3) is 0 Å². The van der Waals surface area contributed by atoms with Crippen LogP contribution >= 0.6 is 11.6 Å². The van der Waals surface area contributed by atoms with Crippen LogP contribution in [-0.4, -0.2) is 87.2 Å². The van der Waals surface area contributed by atoms with E-state index >= 15 is 0 Å². The standard InChI is InChI=1S/C13H24ClN3O4S/c1-16(2)7-8-17(11-4-9-22(20,21)10-11)13(19)12(18)15-6-3-5-14/h11H,3-10H2,1-2H3,(H,15,18). The second-order valence-electron chi connectivity index (χ2n) is 5.66. The lowest BCUT2D eigenvalue weighted by molar-refractivity contribution is -0.147. The molecule has 1 aliphatic heterocycles. The normalized spacial score (nSPS) is 20.1. The summed E-state index contributed by atoms with van der Waals surface area (Å²) >= 11 is 5.53. The molecule has 1 aliphatic rings. The predicted octanol–water partition coefficient (Wildman–Crippen LogP) is -0.691. The molecule has 0 radical (unpaired) electrons. The zero-order chi connectivity index (χ0) is 16.8. The van der Waals surface area contributed by atoms with Gasteiger partial charge in [0.15, 0.2) is 9.84 Å². The van der Waals surface area contributed by atoms with E-state index in [0.29, 0.717) is 38.4 Å². The van der Waals surface area contributed by atoms with Crippen molar-refractivity contribution in [3.8, 4) is 0 Å². The number of nitrogens with zero attached hydrogens (tertiary/aromatic N) is 2. The molecule has 0 spiro atoms. The van der Waals surface area contributed by atoms with Crippen LogP contribution in [0.2, 0.25) is 0 Å². The number of rotatable bonds is 7. The summed E-state index contributed by atoms with van der Waals surface area (Å²) in [6.45, 7) is 1.23. The Labute approximate surface area is 136 Å². The number of carbonyl (C=O) groups is 2. The molecule has 9 heteroatoms. The van der Waals surface area contributed by atoms with Crippen LogP contribution in [0, 0.1) is 0 Å². The number of amides is 2. The molecule has 22 heavy (non-hydrogen) atoms. The number of nitrogens with one attached hydrogen (secondary N) is 1. The van der Waals surface area contributed by atoms with Crippen LogP contribution in [0.15, 0.2) is 0 Å². The SMILES string of the molecule is CN(C)CCN(C(=O)C(=O)NCCCCl)C1CCS(=O)(=O)C1. The second kappa shape index (κ2) is 8.69. The first kappa shape index (κ1) is 19.2. The number of sulfone groups is 1. The number of hydrogen-bond acceptors (Lipinski definition) is 5. The lowest BCUT2D eigenvalue weighted by Gasteiger charge is -2.28. The molecule has 0 aliphatic carbocycles. The van der Waals surface area contributed by atoms with Crippen molar-refractivity contribution in [2.45, 2.75) is 18.9 Å². The van der Waals surface area contributed by atoms with Gasteiger partial charge in [-0.1, -0.05) is 0 Å². The molecule has 0 bridgehead atoms. The number of carbonyl (C=O) groups excluding carboxylic acids is 2. The second-order valence-corrected chi connectivity index (χ2v) is 8.26. The van der Waals surface area contributed by atoms with Gasteiger partial charge in [-0.2, -0.15) is 0 Å². The van der Waals surface area contributed by atoms with Crippen LogP contribution in [0.5, 0.6) is 0 Å². The number of alkyl halides is 1. The van der Waals surface area contributed by atoms with Crippen molar-refractivity contribution in [1.29, 1.82) is 0 Å². The fraction of sp³-hybridized carbons (Fsp3) is 0.846. The highest BCUT2D eigenvalue weighted by atomic mass is 35.5. The first-order valence-electron chi connectivity index (χ1n) is 7.26. The smallest absolute Gasteiger partial charge is 0.312 e. The van der Waals surface area contributed by atoms with E-state index in [4.69, 9.17) is 11.6 Å². The van der Waals surface area contributed by atoms with Crippen molar-refractivity contribution in [1.82, 2.24) is 15.1 Å². The van der Waals surface area contributed by atoms with Crippen molar-refractivity contribution in [2.24, 2.45) is 0 Å². The van der Waals surface area contributed by atoms with Crippen LogP contribution in [0.3, 0.4) is 0 Å². The average Bonchev–Trinajstić information content (AvgIpc) is 2.78. The largest absolute Gasteiger partial charge is 0.348 e. The maximum Gasteiger partial charge on any atom is 0.312 e. The van der Waals surface area contributed by atoms with Gasteiger partial charge in [-0.25, -0.2) is 8.42 Å². The lowest BCUT2D eigenvalue weighted by Crippen LogP contribution is -2.50. The quantitative estimate of drug-likeness (QED) is 0.372. The highest BCUT2D eigenvalue weighted by Crippen LogP contribution is 2.18. The summed E-state index contributed by atoms with van der Waals surface area (Å²) in [5.41, 5.74) is 0. The lowest BCUT2D eigenvalue weighted by atomic mass is 10.2. The van der Waals surface area contributed by atoms with Crippen molar-refractivity contribution in [3.05, 3.63) is 0 Å². The number of halogens is 1. The molecule has 0 saturated carbocycles. The maximum atomic E-state index is 12.3. The van der Waals surface area contributed by atoms with Gasteiger partial charge >= 0.3 is 11.8 Å². The van der Waals surface area contributed by atoms with Crippen LogP contribution < -0.4 is 5.32 Å². The van der Waals surface area contributed by atoms with Crippen molar-refractivity contribution in [3.63, 3.8) is 0 Å². The summed E-state index contributed by atoms with van der Waals surface area (Å²) in [6.07, 6.45) is 0.965. The summed E-state index contributed by atoms with van der Waals surface area (Å²) in [7, 11) is 0.596. The Morgan fingerprint density at radius 3 is 2.45 bits per heavy atom. The molecule has 2 amide bonds. The molecule has 1 heterocycles. The molecule has 0 aromatic carbocycles. The van der Waals surface area contributed by atoms with Gasteiger partial charge < -0.3 is 15.1 Å². The monoisotopic (exact) mass is 353 g/mol. The van der Waals surface area contributed by atoms with E-state index in [1.165, 1.54) is 4.90 Å². The van der Waals surface area contributed by atoms with Gasteiger partial charge in [0.2, 0.25) is 0 Å². The van der Waals surface area contributed by atoms with E-state index in [9.17, 15) is 18.0 Å². The molecule has 128 valence electrons. The van der Waals surface area contributed by atoms with Gasteiger partial charge in [0.05, 0.1) is 11.5 Å². The fourth-order valence-corrected chi connectivity index (χ4v) is 4.12. The van der Waals surface area contributed by atoms with E-state index in [0.717, 1.165) is 0 Å². The summed E-state index contributed by atoms with van der Waals surface area (Å²) in [4.78, 5) is 27.5. The first-order valence-corrected chi connectivity index (χ1v) is 9.62. The van der Waals surface area contributed by atoms with E-state index < -0.39 is 27.7 Å². The Bertz CT molecular complexity index is 496. The molecule has 7 nitrogen and oxygen atoms in total. The Morgan fingerprint density at radius 1 is 1.27 bits per heavy atom. The summed E-state index contributed by atoms with van der Waals surface area (Å²) < 4.78 is 23.2. The fourth-order valence-electron chi connectivity index (χ4n) is 2.25. The van der Waals surface area contributed by atoms with Gasteiger partial charge in [0.1, 0.15) is 0 Å². The molecule has 1 N–H and O–H groups in total. The molecule has 0 aromatic rings. The Kier molecular flexibility index (Phi) is 7.58. The molecular weight excluding hydrogens is 330 g/mol. The molecule has 1 saturated heterocycles. The third-order valence-electron chi connectivity index (χ3n) is 3.49. The summed E-state index contributed by atoms with van der Waals surface area (Å²) in [6, 6.07) is -0.420. The first-order chi connectivity index (χ1) is 10.3. The number of likely N-dealkylation sites (N-methyl/N-ethyl adjacent to an activating group) is 1. The minimum absolute atomic E-state index is 0.0667. The van der Waals surface area contributed by atoms with Gasteiger partial charge in [0, 0.05) is 31.6 Å². The van der Waals surface area contributed by atoms with Crippen LogP contribution in [0.25, 0.3) is 0 Å². The third-order valence-corrected chi connectivity index (χ3v) is 5.51. The van der Waals surface area contributed by atoms with Crippen molar-refractivity contribution < 1.29 is 18.0 Å². The van der Waals surface area contributed by atoms with E-state index in [1.54, 1.807) is 0 Å².